The zero-order valence-corrected chi connectivity index (χ0v) is 13.4. The monoisotopic (exact) mass is 330 g/mol. The van der Waals surface area contributed by atoms with Crippen LogP contribution in [0, 0.1) is 5.92 Å². The molecule has 1 fully saturated rings. The average Bonchev–Trinajstić information content (AvgIpc) is 3.21. The van der Waals surface area contributed by atoms with Crippen molar-refractivity contribution in [2.24, 2.45) is 5.92 Å². The van der Waals surface area contributed by atoms with Crippen LogP contribution in [0.2, 0.25) is 0 Å². The second-order valence-corrected chi connectivity index (χ2v) is 6.49. The van der Waals surface area contributed by atoms with Crippen LogP contribution in [0.15, 0.2) is 29.9 Å². The van der Waals surface area contributed by atoms with Gasteiger partial charge in [-0.2, -0.15) is 0 Å². The van der Waals surface area contributed by atoms with Gasteiger partial charge in [0.15, 0.2) is 10.8 Å². The van der Waals surface area contributed by atoms with Gasteiger partial charge in [-0.15, -0.1) is 11.3 Å². The largest absolute Gasteiger partial charge is 0.324 e. The maximum Gasteiger partial charge on any atom is 0.278 e. The summed E-state index contributed by atoms with van der Waals surface area (Å²) in [4.78, 5) is 32.6. The fraction of sp³-hybridized carbons (Fsp3) is 0.375. The Bertz CT molecular complexity index is 681. The van der Waals surface area contributed by atoms with Gasteiger partial charge < -0.3 is 5.32 Å². The lowest BCUT2D eigenvalue weighted by molar-refractivity contribution is -0.117. The molecule has 0 radical (unpaired) electrons. The summed E-state index contributed by atoms with van der Waals surface area (Å²) >= 11 is 1.33. The SMILES string of the molecule is O=C(CC1CCCC1)Nc1cccnc1C(=O)Nc1nccs1. The number of amides is 2. The molecule has 0 saturated heterocycles. The number of hydrogen-bond acceptors (Lipinski definition) is 5. The van der Waals surface area contributed by atoms with E-state index in [0.717, 1.165) is 12.8 Å². The summed E-state index contributed by atoms with van der Waals surface area (Å²) in [5, 5.41) is 7.78. The molecule has 2 aromatic heterocycles. The van der Waals surface area contributed by atoms with E-state index in [0.29, 0.717) is 23.2 Å². The van der Waals surface area contributed by atoms with Crippen molar-refractivity contribution in [1.29, 1.82) is 0 Å². The van der Waals surface area contributed by atoms with E-state index in [1.165, 1.54) is 30.4 Å². The van der Waals surface area contributed by atoms with E-state index in [-0.39, 0.29) is 17.5 Å². The molecule has 1 aliphatic carbocycles. The molecule has 2 N–H and O–H groups in total. The molecule has 0 atom stereocenters. The normalized spacial score (nSPS) is 14.6. The molecule has 7 heteroatoms. The zero-order valence-electron chi connectivity index (χ0n) is 12.6. The smallest absolute Gasteiger partial charge is 0.278 e. The van der Waals surface area contributed by atoms with Gasteiger partial charge in [-0.25, -0.2) is 9.97 Å². The van der Waals surface area contributed by atoms with Crippen LogP contribution >= 0.6 is 11.3 Å². The average molecular weight is 330 g/mol. The summed E-state index contributed by atoms with van der Waals surface area (Å²) in [5.74, 6) is 0.0178. The topological polar surface area (TPSA) is 84.0 Å². The summed E-state index contributed by atoms with van der Waals surface area (Å²) in [6, 6.07) is 3.39. The predicted octanol–water partition coefficient (Wildman–Crippen LogP) is 3.31. The molecule has 3 rings (SSSR count). The molecule has 1 aliphatic rings. The van der Waals surface area contributed by atoms with Gasteiger partial charge in [0, 0.05) is 24.2 Å². The van der Waals surface area contributed by atoms with Gasteiger partial charge >= 0.3 is 0 Å². The highest BCUT2D eigenvalue weighted by Crippen LogP contribution is 2.28. The molecule has 0 bridgehead atoms. The van der Waals surface area contributed by atoms with Crippen molar-refractivity contribution in [2.75, 3.05) is 10.6 Å². The molecule has 0 unspecified atom stereocenters. The summed E-state index contributed by atoms with van der Waals surface area (Å²) in [6.07, 6.45) is 8.27. The van der Waals surface area contributed by atoms with Crippen LogP contribution in [0.1, 0.15) is 42.6 Å². The number of nitrogens with zero attached hydrogens (tertiary/aromatic N) is 2. The van der Waals surface area contributed by atoms with Crippen molar-refractivity contribution in [1.82, 2.24) is 9.97 Å². The Kier molecular flexibility index (Phi) is 4.97. The number of aromatic nitrogens is 2. The number of thiazole rings is 1. The maximum atomic E-state index is 12.3. The van der Waals surface area contributed by atoms with Crippen LogP contribution in [0.5, 0.6) is 0 Å². The molecule has 2 aromatic rings. The number of carbonyl (C=O) groups excluding carboxylic acids is 2. The number of pyridine rings is 1. The van der Waals surface area contributed by atoms with Crippen molar-refractivity contribution >= 4 is 34.0 Å². The van der Waals surface area contributed by atoms with Gasteiger partial charge in [0.25, 0.3) is 5.91 Å². The predicted molar refractivity (Wildman–Crippen MR) is 89.5 cm³/mol. The van der Waals surface area contributed by atoms with Gasteiger partial charge in [-0.1, -0.05) is 12.8 Å². The Morgan fingerprint density at radius 3 is 2.74 bits per heavy atom. The Hall–Kier alpha value is -2.28. The van der Waals surface area contributed by atoms with Crippen LogP contribution < -0.4 is 10.6 Å². The van der Waals surface area contributed by atoms with Gasteiger partial charge in [0.1, 0.15) is 0 Å². The Balaban J connectivity index is 1.67. The molecule has 2 amide bonds. The first-order valence-corrected chi connectivity index (χ1v) is 8.56. The van der Waals surface area contributed by atoms with E-state index < -0.39 is 0 Å². The van der Waals surface area contributed by atoms with Gasteiger partial charge in [0.05, 0.1) is 5.69 Å². The second kappa shape index (κ2) is 7.32. The molecule has 2 heterocycles. The van der Waals surface area contributed by atoms with E-state index in [4.69, 9.17) is 0 Å². The standard InChI is InChI=1S/C16H18N4O2S/c21-13(10-11-4-1-2-5-11)19-12-6-3-7-17-14(12)15(22)20-16-18-8-9-23-16/h3,6-9,11H,1-2,4-5,10H2,(H,19,21)(H,18,20,22). The highest BCUT2D eigenvalue weighted by molar-refractivity contribution is 7.13. The molecule has 0 aliphatic heterocycles. The number of hydrogen-bond donors (Lipinski definition) is 2. The second-order valence-electron chi connectivity index (χ2n) is 5.59. The van der Waals surface area contributed by atoms with E-state index in [2.05, 4.69) is 20.6 Å². The summed E-state index contributed by atoms with van der Waals surface area (Å²) in [6.45, 7) is 0. The van der Waals surface area contributed by atoms with Crippen LogP contribution in [0.3, 0.4) is 0 Å². The van der Waals surface area contributed by atoms with E-state index in [9.17, 15) is 9.59 Å². The molecule has 23 heavy (non-hydrogen) atoms. The number of anilines is 2. The molecule has 1 saturated carbocycles. The van der Waals surface area contributed by atoms with Crippen LogP contribution in [-0.2, 0) is 4.79 Å². The molecular weight excluding hydrogens is 312 g/mol. The van der Waals surface area contributed by atoms with Crippen LogP contribution in [0.4, 0.5) is 10.8 Å². The third-order valence-electron chi connectivity index (χ3n) is 3.90. The lowest BCUT2D eigenvalue weighted by Crippen LogP contribution is -2.20. The summed E-state index contributed by atoms with van der Waals surface area (Å²) < 4.78 is 0. The fourth-order valence-corrected chi connectivity index (χ4v) is 3.33. The quantitative estimate of drug-likeness (QED) is 0.881. The minimum atomic E-state index is -0.378. The minimum absolute atomic E-state index is 0.0619. The van der Waals surface area contributed by atoms with E-state index >= 15 is 0 Å². The van der Waals surface area contributed by atoms with Crippen LogP contribution in [-0.4, -0.2) is 21.8 Å². The van der Waals surface area contributed by atoms with Gasteiger partial charge in [0.2, 0.25) is 5.91 Å². The Labute approximate surface area is 138 Å². The third-order valence-corrected chi connectivity index (χ3v) is 4.59. The molecule has 6 nitrogen and oxygen atoms in total. The summed E-state index contributed by atoms with van der Waals surface area (Å²) in [5.41, 5.74) is 0.632. The fourth-order valence-electron chi connectivity index (χ4n) is 2.81. The highest BCUT2D eigenvalue weighted by atomic mass is 32.1. The Morgan fingerprint density at radius 1 is 1.17 bits per heavy atom. The number of rotatable bonds is 5. The first-order valence-electron chi connectivity index (χ1n) is 7.68. The van der Waals surface area contributed by atoms with Crippen molar-refractivity contribution in [3.8, 4) is 0 Å². The van der Waals surface area contributed by atoms with E-state index in [1.807, 2.05) is 0 Å². The first-order chi connectivity index (χ1) is 11.2. The Morgan fingerprint density at radius 2 is 2.00 bits per heavy atom. The van der Waals surface area contributed by atoms with Crippen molar-refractivity contribution in [3.63, 3.8) is 0 Å². The minimum Gasteiger partial charge on any atom is -0.324 e. The van der Waals surface area contributed by atoms with Crippen molar-refractivity contribution in [2.45, 2.75) is 32.1 Å². The highest BCUT2D eigenvalue weighted by Gasteiger charge is 2.20. The lowest BCUT2D eigenvalue weighted by atomic mass is 10.0. The van der Waals surface area contributed by atoms with Crippen molar-refractivity contribution in [3.05, 3.63) is 35.6 Å². The van der Waals surface area contributed by atoms with Crippen molar-refractivity contribution < 1.29 is 9.59 Å². The maximum absolute atomic E-state index is 12.3. The lowest BCUT2D eigenvalue weighted by Gasteiger charge is -2.12. The van der Waals surface area contributed by atoms with Crippen LogP contribution in [0.25, 0.3) is 0 Å². The zero-order chi connectivity index (χ0) is 16.1. The number of nitrogens with one attached hydrogen (secondary N) is 2. The molecular formula is C16H18N4O2S. The first kappa shape index (κ1) is 15.6. The molecule has 0 aromatic carbocycles. The van der Waals surface area contributed by atoms with E-state index in [1.54, 1.807) is 23.7 Å². The number of carbonyl (C=O) groups is 2. The molecule has 120 valence electrons. The van der Waals surface area contributed by atoms with Gasteiger partial charge in [-0.05, 0) is 30.9 Å². The third kappa shape index (κ3) is 4.13. The summed E-state index contributed by atoms with van der Waals surface area (Å²) in [7, 11) is 0. The molecule has 0 spiro atoms. The van der Waals surface area contributed by atoms with Gasteiger partial charge in [-0.3, -0.25) is 14.9 Å².